The summed E-state index contributed by atoms with van der Waals surface area (Å²) >= 11 is 0. The normalized spacial score (nSPS) is 18.9. The second-order valence-corrected chi connectivity index (χ2v) is 11.1. The number of ether oxygens (including phenoxy) is 2. The van der Waals surface area contributed by atoms with E-state index in [2.05, 4.69) is 21.6 Å². The van der Waals surface area contributed by atoms with Crippen molar-refractivity contribution in [1.29, 1.82) is 0 Å². The quantitative estimate of drug-likeness (QED) is 0.0803. The number of hydrogen-bond donors (Lipinski definition) is 0. The molecule has 1 rings (SSSR count). The number of hydrogen-bond acceptors (Lipinski definition) is 10. The van der Waals surface area contributed by atoms with Crippen molar-refractivity contribution in [2.45, 2.75) is 143 Å². The molecule has 10 heteroatoms. The van der Waals surface area contributed by atoms with Gasteiger partial charge in [0.05, 0.1) is 24.5 Å². The highest BCUT2D eigenvalue weighted by atomic mass is 17.2. The first-order chi connectivity index (χ1) is 18.6. The van der Waals surface area contributed by atoms with Crippen molar-refractivity contribution in [2.24, 2.45) is 17.8 Å². The fourth-order valence-corrected chi connectivity index (χ4v) is 4.97. The summed E-state index contributed by atoms with van der Waals surface area (Å²) in [4.78, 5) is 65.7. The van der Waals surface area contributed by atoms with Crippen molar-refractivity contribution in [1.82, 2.24) is 0 Å². The van der Waals surface area contributed by atoms with Crippen LogP contribution in [-0.4, -0.2) is 36.5 Å². The van der Waals surface area contributed by atoms with Gasteiger partial charge in [0, 0.05) is 0 Å². The lowest BCUT2D eigenvalue weighted by molar-refractivity contribution is -0.252. The third-order valence-corrected chi connectivity index (χ3v) is 6.88. The Balaban J connectivity index is 2.39. The summed E-state index contributed by atoms with van der Waals surface area (Å²) in [5.41, 5.74) is 0. The number of carbonyl (C=O) groups excluding carboxylic acids is 4. The van der Waals surface area contributed by atoms with Crippen molar-refractivity contribution < 1.29 is 48.2 Å². The van der Waals surface area contributed by atoms with Crippen molar-refractivity contribution in [3.05, 3.63) is 0 Å². The van der Waals surface area contributed by atoms with Gasteiger partial charge in [-0.05, 0) is 65.2 Å². The van der Waals surface area contributed by atoms with Gasteiger partial charge in [0.2, 0.25) is 0 Å². The Labute approximate surface area is 233 Å². The van der Waals surface area contributed by atoms with Crippen molar-refractivity contribution in [2.75, 3.05) is 0 Å². The van der Waals surface area contributed by atoms with Crippen LogP contribution in [-0.2, 0) is 38.6 Å². The molecule has 10 nitrogen and oxygen atoms in total. The fraction of sp³-hybridized carbons (Fsp3) is 0.862. The van der Waals surface area contributed by atoms with Crippen LogP contribution in [0.4, 0.5) is 9.59 Å². The average molecular weight is 559 g/mol. The Morgan fingerprint density at radius 3 is 1.87 bits per heavy atom. The van der Waals surface area contributed by atoms with Gasteiger partial charge in [-0.1, -0.05) is 71.1 Å². The van der Waals surface area contributed by atoms with E-state index in [1.165, 1.54) is 25.7 Å². The van der Waals surface area contributed by atoms with Crippen LogP contribution < -0.4 is 0 Å². The summed E-state index contributed by atoms with van der Waals surface area (Å²) in [5.74, 6) is -0.722. The van der Waals surface area contributed by atoms with E-state index in [4.69, 9.17) is 14.4 Å². The van der Waals surface area contributed by atoms with Crippen LogP contribution in [0.1, 0.15) is 131 Å². The van der Waals surface area contributed by atoms with Gasteiger partial charge < -0.3 is 9.47 Å². The van der Waals surface area contributed by atoms with Crippen LogP contribution in [0, 0.1) is 17.8 Å². The molecule has 3 atom stereocenters. The molecule has 0 amide bonds. The second-order valence-electron chi connectivity index (χ2n) is 11.1. The Bertz CT molecular complexity index is 721. The van der Waals surface area contributed by atoms with Gasteiger partial charge in [0.1, 0.15) is 0 Å². The number of carbonyl (C=O) groups is 4. The predicted octanol–water partition coefficient (Wildman–Crippen LogP) is 7.76. The zero-order valence-electron chi connectivity index (χ0n) is 24.6. The Kier molecular flexibility index (Phi) is 18.0. The highest BCUT2D eigenvalue weighted by molar-refractivity contribution is 5.73. The predicted molar refractivity (Wildman–Crippen MR) is 143 cm³/mol. The zero-order chi connectivity index (χ0) is 29.0. The molecule has 0 saturated heterocycles. The van der Waals surface area contributed by atoms with Crippen LogP contribution in [0.3, 0.4) is 0 Å². The minimum Gasteiger partial charge on any atom is -0.429 e. The molecule has 0 heterocycles. The van der Waals surface area contributed by atoms with Crippen LogP contribution in [0.25, 0.3) is 0 Å². The van der Waals surface area contributed by atoms with Gasteiger partial charge in [-0.15, -0.1) is 0 Å². The fourth-order valence-electron chi connectivity index (χ4n) is 4.97. The maximum atomic E-state index is 12.9. The topological polar surface area (TPSA) is 124 Å². The van der Waals surface area contributed by atoms with Crippen LogP contribution in [0.5, 0.6) is 0 Å². The maximum absolute atomic E-state index is 12.9. The third-order valence-electron chi connectivity index (χ3n) is 6.88. The van der Waals surface area contributed by atoms with Gasteiger partial charge >= 0.3 is 24.2 Å². The molecule has 1 aliphatic carbocycles. The van der Waals surface area contributed by atoms with Gasteiger partial charge in [-0.2, -0.15) is 9.59 Å². The van der Waals surface area contributed by atoms with Gasteiger partial charge in [0.25, 0.3) is 0 Å². The molecular weight excluding hydrogens is 508 g/mol. The molecule has 0 aromatic heterocycles. The van der Waals surface area contributed by atoms with E-state index in [9.17, 15) is 19.2 Å². The molecule has 0 aromatic rings. The average Bonchev–Trinajstić information content (AvgIpc) is 2.87. The van der Waals surface area contributed by atoms with Crippen molar-refractivity contribution >= 4 is 24.2 Å². The van der Waals surface area contributed by atoms with Crippen molar-refractivity contribution in [3.8, 4) is 0 Å². The molecule has 1 fully saturated rings. The van der Waals surface area contributed by atoms with Crippen LogP contribution in [0.15, 0.2) is 0 Å². The smallest absolute Gasteiger partial charge is 0.429 e. The Morgan fingerprint density at radius 1 is 0.667 bits per heavy atom. The zero-order valence-corrected chi connectivity index (χ0v) is 24.6. The summed E-state index contributed by atoms with van der Waals surface area (Å²) in [6, 6.07) is 0. The summed E-state index contributed by atoms with van der Waals surface area (Å²) in [6.07, 6.45) is 11.4. The molecule has 0 aliphatic heterocycles. The van der Waals surface area contributed by atoms with Crippen LogP contribution in [0.2, 0.25) is 0 Å². The first-order valence-corrected chi connectivity index (χ1v) is 14.8. The molecule has 1 aliphatic rings. The van der Waals surface area contributed by atoms with Gasteiger partial charge in [0.15, 0.2) is 0 Å². The highest BCUT2D eigenvalue weighted by Gasteiger charge is 2.37. The standard InChI is InChI=1S/C29H50O10/c1-6-7-8-12-15-23-18-19-24(25(20-23)27(31)37-39-29(33)35-22(4)5)16-13-10-9-11-14-17-26(30)36-38-28(32)34-21(2)3/h21-25H,6-20H2,1-5H3. The van der Waals surface area contributed by atoms with Crippen LogP contribution >= 0.6 is 0 Å². The van der Waals surface area contributed by atoms with E-state index in [0.717, 1.165) is 57.8 Å². The number of unbranched alkanes of at least 4 members (excludes halogenated alkanes) is 7. The molecule has 0 N–H and O–H groups in total. The van der Waals surface area contributed by atoms with E-state index in [-0.39, 0.29) is 30.5 Å². The summed E-state index contributed by atoms with van der Waals surface area (Å²) in [5, 5.41) is 0. The summed E-state index contributed by atoms with van der Waals surface area (Å²) < 4.78 is 9.60. The van der Waals surface area contributed by atoms with Crippen molar-refractivity contribution in [3.63, 3.8) is 0 Å². The molecular formula is C29H50O10. The second kappa shape index (κ2) is 20.4. The SMILES string of the molecule is CCCCCCC1CCC(CCCCCCCC(=O)OOC(=O)OC(C)C)C(C(=O)OOC(=O)OC(C)C)C1. The maximum Gasteiger partial charge on any atom is 0.550 e. The largest absolute Gasteiger partial charge is 0.550 e. The molecule has 0 radical (unpaired) electrons. The lowest BCUT2D eigenvalue weighted by atomic mass is 9.71. The van der Waals surface area contributed by atoms with Gasteiger partial charge in [-0.25, -0.2) is 29.1 Å². The monoisotopic (exact) mass is 558 g/mol. The summed E-state index contributed by atoms with van der Waals surface area (Å²) in [6.45, 7) is 8.90. The van der Waals surface area contributed by atoms with E-state index in [1.54, 1.807) is 27.7 Å². The molecule has 1 saturated carbocycles. The summed E-state index contributed by atoms with van der Waals surface area (Å²) in [7, 11) is 0. The molecule has 226 valence electrons. The molecule has 0 bridgehead atoms. The minimum absolute atomic E-state index is 0.157. The molecule has 0 aromatic carbocycles. The minimum atomic E-state index is -1.03. The van der Waals surface area contributed by atoms with E-state index < -0.39 is 24.2 Å². The molecule has 0 spiro atoms. The van der Waals surface area contributed by atoms with Gasteiger partial charge in [-0.3, -0.25) is 0 Å². The first kappa shape index (κ1) is 34.5. The Morgan fingerprint density at radius 2 is 1.23 bits per heavy atom. The molecule has 3 unspecified atom stereocenters. The first-order valence-electron chi connectivity index (χ1n) is 14.8. The third kappa shape index (κ3) is 16.9. The Hall–Kier alpha value is -2.52. The molecule has 39 heavy (non-hydrogen) atoms. The van der Waals surface area contributed by atoms with E-state index in [1.807, 2.05) is 0 Å². The highest BCUT2D eigenvalue weighted by Crippen LogP contribution is 2.40. The van der Waals surface area contributed by atoms with E-state index in [0.29, 0.717) is 12.3 Å². The lowest BCUT2D eigenvalue weighted by Crippen LogP contribution is -2.33. The lowest BCUT2D eigenvalue weighted by Gasteiger charge is -2.34. The van der Waals surface area contributed by atoms with E-state index >= 15 is 0 Å². The number of rotatable bonds is 16.